The highest BCUT2D eigenvalue weighted by molar-refractivity contribution is 6.30. The molecule has 0 spiro atoms. The molecule has 0 saturated carbocycles. The lowest BCUT2D eigenvalue weighted by atomic mass is 9.96. The molecule has 154 valence electrons. The lowest BCUT2D eigenvalue weighted by Crippen LogP contribution is -2.49. The van der Waals surface area contributed by atoms with Gasteiger partial charge in [-0.1, -0.05) is 35.9 Å². The Morgan fingerprint density at radius 2 is 2.03 bits per heavy atom. The van der Waals surface area contributed by atoms with Gasteiger partial charge in [-0.05, 0) is 48.2 Å². The maximum atomic E-state index is 11.4. The number of hydrogen-bond acceptors (Lipinski definition) is 5. The molecule has 2 aliphatic heterocycles. The van der Waals surface area contributed by atoms with Crippen molar-refractivity contribution in [3.8, 4) is 0 Å². The van der Waals surface area contributed by atoms with Gasteiger partial charge in [0.05, 0.1) is 19.3 Å². The fraction of sp³-hybridized carbons (Fsp3) is 0.435. The Morgan fingerprint density at radius 3 is 2.90 bits per heavy atom. The van der Waals surface area contributed by atoms with E-state index in [-0.39, 0.29) is 12.6 Å². The zero-order chi connectivity index (χ0) is 20.2. The van der Waals surface area contributed by atoms with Gasteiger partial charge >= 0.3 is 5.97 Å². The quantitative estimate of drug-likeness (QED) is 0.532. The predicted molar refractivity (Wildman–Crippen MR) is 115 cm³/mol. The zero-order valence-electron chi connectivity index (χ0n) is 16.8. The summed E-state index contributed by atoms with van der Waals surface area (Å²) in [6.45, 7) is 6.38. The number of hydrogen-bond donors (Lipinski definition) is 0. The van der Waals surface area contributed by atoms with Crippen LogP contribution in [-0.2, 0) is 20.7 Å². The first-order valence-electron chi connectivity index (χ1n) is 10.2. The van der Waals surface area contributed by atoms with Crippen LogP contribution < -0.4 is 4.90 Å². The van der Waals surface area contributed by atoms with Crippen LogP contribution in [0.4, 0.5) is 5.69 Å². The molecule has 2 aromatic carbocycles. The van der Waals surface area contributed by atoms with Crippen LogP contribution in [0.15, 0.2) is 42.5 Å². The Hall–Kier alpha value is -2.08. The van der Waals surface area contributed by atoms with E-state index in [0.29, 0.717) is 19.3 Å². The van der Waals surface area contributed by atoms with Gasteiger partial charge in [0.2, 0.25) is 0 Å². The number of anilines is 1. The Bertz CT molecular complexity index is 873. The van der Waals surface area contributed by atoms with Crippen molar-refractivity contribution < 1.29 is 14.3 Å². The van der Waals surface area contributed by atoms with E-state index in [1.165, 1.54) is 22.4 Å². The third-order valence-corrected chi connectivity index (χ3v) is 5.92. The van der Waals surface area contributed by atoms with E-state index in [1.807, 2.05) is 6.07 Å². The summed E-state index contributed by atoms with van der Waals surface area (Å²) in [6, 6.07) is 15.3. The maximum Gasteiger partial charge on any atom is 0.332 e. The molecule has 2 aromatic rings. The molecule has 5 nitrogen and oxygen atoms in total. The molecule has 0 bridgehead atoms. The molecule has 4 rings (SSSR count). The summed E-state index contributed by atoms with van der Waals surface area (Å²) >= 11 is 6.29. The summed E-state index contributed by atoms with van der Waals surface area (Å²) in [7, 11) is 0. The highest BCUT2D eigenvalue weighted by Crippen LogP contribution is 2.39. The standard InChI is InChI=1S/C23H27ClN2O3/c1-2-29-23(27)16-28-12-11-25-9-10-26-21-8-7-19(24)14-18(21)13-17-5-3-4-6-20(17)22(26)15-25/h3-8,14,22H,2,9-13,15-16H2,1H3. The first-order chi connectivity index (χ1) is 14.2. The molecule has 1 fully saturated rings. The topological polar surface area (TPSA) is 42.0 Å². The minimum atomic E-state index is -0.301. The lowest BCUT2D eigenvalue weighted by molar-refractivity contribution is -0.148. The number of benzene rings is 2. The molecule has 0 aromatic heterocycles. The first kappa shape index (κ1) is 20.2. The molecule has 6 heteroatoms. The summed E-state index contributed by atoms with van der Waals surface area (Å²) < 4.78 is 10.4. The molecular weight excluding hydrogens is 388 g/mol. The number of piperazine rings is 1. The minimum Gasteiger partial charge on any atom is -0.464 e. The second-order valence-electron chi connectivity index (χ2n) is 7.52. The van der Waals surface area contributed by atoms with Crippen LogP contribution in [0.2, 0.25) is 5.02 Å². The monoisotopic (exact) mass is 414 g/mol. The first-order valence-corrected chi connectivity index (χ1v) is 10.6. The molecule has 0 N–H and O–H groups in total. The molecule has 0 radical (unpaired) electrons. The molecule has 0 amide bonds. The van der Waals surface area contributed by atoms with Gasteiger partial charge in [-0.25, -0.2) is 4.79 Å². The van der Waals surface area contributed by atoms with Gasteiger partial charge < -0.3 is 14.4 Å². The number of carbonyl (C=O) groups is 1. The van der Waals surface area contributed by atoms with Gasteiger partial charge in [0, 0.05) is 36.9 Å². The van der Waals surface area contributed by atoms with Crippen molar-refractivity contribution in [2.24, 2.45) is 0 Å². The third-order valence-electron chi connectivity index (χ3n) is 5.69. The number of carbonyl (C=O) groups excluding carboxylic acids is 1. The summed E-state index contributed by atoms with van der Waals surface area (Å²) in [5, 5.41) is 0.789. The van der Waals surface area contributed by atoms with Crippen molar-refractivity contribution in [3.63, 3.8) is 0 Å². The Morgan fingerprint density at radius 1 is 1.17 bits per heavy atom. The average Bonchev–Trinajstić information content (AvgIpc) is 2.85. The van der Waals surface area contributed by atoms with Gasteiger partial charge in [0.25, 0.3) is 0 Å². The van der Waals surface area contributed by atoms with Crippen molar-refractivity contribution >= 4 is 23.3 Å². The predicted octanol–water partition coefficient (Wildman–Crippen LogP) is 3.69. The second-order valence-corrected chi connectivity index (χ2v) is 7.95. The number of halogens is 1. The van der Waals surface area contributed by atoms with Crippen molar-refractivity contribution in [1.82, 2.24) is 4.90 Å². The van der Waals surface area contributed by atoms with Crippen molar-refractivity contribution in [1.29, 1.82) is 0 Å². The smallest absolute Gasteiger partial charge is 0.332 e. The molecule has 0 aliphatic carbocycles. The van der Waals surface area contributed by atoms with Crippen molar-refractivity contribution in [2.75, 3.05) is 50.9 Å². The van der Waals surface area contributed by atoms with E-state index < -0.39 is 0 Å². The molecule has 29 heavy (non-hydrogen) atoms. The van der Waals surface area contributed by atoms with Gasteiger partial charge in [0.1, 0.15) is 6.61 Å². The average molecular weight is 415 g/mol. The van der Waals surface area contributed by atoms with Gasteiger partial charge in [0.15, 0.2) is 0 Å². The maximum absolute atomic E-state index is 11.4. The summed E-state index contributed by atoms with van der Waals surface area (Å²) in [5.41, 5.74) is 5.33. The molecule has 1 saturated heterocycles. The van der Waals surface area contributed by atoms with Crippen LogP contribution in [0.25, 0.3) is 0 Å². The van der Waals surface area contributed by atoms with E-state index in [4.69, 9.17) is 21.1 Å². The van der Waals surface area contributed by atoms with Crippen LogP contribution in [-0.4, -0.2) is 56.9 Å². The number of rotatable bonds is 6. The van der Waals surface area contributed by atoms with Gasteiger partial charge in [-0.3, -0.25) is 4.90 Å². The summed E-state index contributed by atoms with van der Waals surface area (Å²) in [5.74, 6) is -0.301. The van der Waals surface area contributed by atoms with Crippen LogP contribution >= 0.6 is 11.6 Å². The van der Waals surface area contributed by atoms with E-state index in [9.17, 15) is 4.79 Å². The Labute approximate surface area is 177 Å². The number of fused-ring (bicyclic) bond motifs is 5. The van der Waals surface area contributed by atoms with Crippen LogP contribution in [0.3, 0.4) is 0 Å². The number of esters is 1. The van der Waals surface area contributed by atoms with E-state index in [0.717, 1.165) is 37.6 Å². The normalized spacial score (nSPS) is 18.4. The SMILES string of the molecule is CCOC(=O)COCCN1CCN2c3ccc(Cl)cc3Cc3ccccc3C2C1. The fourth-order valence-electron chi connectivity index (χ4n) is 4.35. The van der Waals surface area contributed by atoms with E-state index in [2.05, 4.69) is 46.2 Å². The van der Waals surface area contributed by atoms with Crippen molar-refractivity contribution in [3.05, 3.63) is 64.2 Å². The van der Waals surface area contributed by atoms with Crippen molar-refractivity contribution in [2.45, 2.75) is 19.4 Å². The fourth-order valence-corrected chi connectivity index (χ4v) is 4.54. The van der Waals surface area contributed by atoms with Gasteiger partial charge in [-0.15, -0.1) is 0 Å². The van der Waals surface area contributed by atoms with Crippen LogP contribution in [0.1, 0.15) is 29.7 Å². The highest BCUT2D eigenvalue weighted by Gasteiger charge is 2.33. The molecular formula is C23H27ClN2O3. The molecule has 1 unspecified atom stereocenters. The number of ether oxygens (including phenoxy) is 2. The molecule has 2 heterocycles. The largest absolute Gasteiger partial charge is 0.464 e. The third kappa shape index (κ3) is 4.58. The summed E-state index contributed by atoms with van der Waals surface area (Å²) in [4.78, 5) is 16.4. The molecule has 2 aliphatic rings. The lowest BCUT2D eigenvalue weighted by Gasteiger charge is -2.43. The minimum absolute atomic E-state index is 0.0220. The highest BCUT2D eigenvalue weighted by atomic mass is 35.5. The van der Waals surface area contributed by atoms with E-state index in [1.54, 1.807) is 6.92 Å². The van der Waals surface area contributed by atoms with E-state index >= 15 is 0 Å². The Balaban J connectivity index is 1.48. The number of nitrogens with zero attached hydrogens (tertiary/aromatic N) is 2. The second kappa shape index (κ2) is 9.16. The van der Waals surface area contributed by atoms with Gasteiger partial charge in [-0.2, -0.15) is 0 Å². The summed E-state index contributed by atoms with van der Waals surface area (Å²) in [6.07, 6.45) is 0.904. The van der Waals surface area contributed by atoms with Crippen LogP contribution in [0, 0.1) is 0 Å². The Kier molecular flexibility index (Phi) is 6.38. The molecule has 1 atom stereocenters. The zero-order valence-corrected chi connectivity index (χ0v) is 17.5. The van der Waals surface area contributed by atoms with Crippen LogP contribution in [0.5, 0.6) is 0 Å².